The first-order valence-corrected chi connectivity index (χ1v) is 8.19. The number of carboxylic acids is 1. The van der Waals surface area contributed by atoms with Crippen LogP contribution in [0.15, 0.2) is 30.5 Å². The van der Waals surface area contributed by atoms with Crippen LogP contribution in [0.25, 0.3) is 5.69 Å². The van der Waals surface area contributed by atoms with E-state index in [2.05, 4.69) is 15.6 Å². The molecule has 0 saturated heterocycles. The van der Waals surface area contributed by atoms with Crippen molar-refractivity contribution in [3.8, 4) is 5.69 Å². The average Bonchev–Trinajstić information content (AvgIpc) is 3.00. The van der Waals surface area contributed by atoms with Gasteiger partial charge in [-0.1, -0.05) is 38.1 Å². The Balaban J connectivity index is 2.08. The van der Waals surface area contributed by atoms with Gasteiger partial charge in [-0.3, -0.25) is 4.79 Å². The van der Waals surface area contributed by atoms with Crippen LogP contribution in [0, 0.1) is 12.3 Å². The molecular weight excluding hydrogens is 320 g/mol. The summed E-state index contributed by atoms with van der Waals surface area (Å²) in [7, 11) is 0. The van der Waals surface area contributed by atoms with Crippen LogP contribution < -0.4 is 5.32 Å². The fourth-order valence-corrected chi connectivity index (χ4v) is 2.33. The van der Waals surface area contributed by atoms with Gasteiger partial charge in [-0.15, -0.1) is 5.10 Å². The highest BCUT2D eigenvalue weighted by molar-refractivity contribution is 5.94. The van der Waals surface area contributed by atoms with Crippen LogP contribution >= 0.6 is 0 Å². The average molecular weight is 344 g/mol. The molecule has 0 aliphatic carbocycles. The van der Waals surface area contributed by atoms with E-state index in [9.17, 15) is 14.7 Å². The Morgan fingerprint density at radius 2 is 2.04 bits per heavy atom. The van der Waals surface area contributed by atoms with Crippen molar-refractivity contribution in [3.05, 3.63) is 41.7 Å². The predicted molar refractivity (Wildman–Crippen MR) is 93.7 cm³/mol. The summed E-state index contributed by atoms with van der Waals surface area (Å²) in [6.45, 7) is 8.05. The summed E-state index contributed by atoms with van der Waals surface area (Å²) < 4.78 is 1.49. The summed E-state index contributed by atoms with van der Waals surface area (Å²) in [6, 6.07) is 6.67. The van der Waals surface area contributed by atoms with Gasteiger partial charge in [0.05, 0.1) is 11.9 Å². The molecule has 2 N–H and O–H groups in total. The van der Waals surface area contributed by atoms with Gasteiger partial charge in [0, 0.05) is 0 Å². The van der Waals surface area contributed by atoms with E-state index < -0.39 is 17.9 Å². The number of nitrogens with one attached hydrogen (secondary N) is 1. The normalized spacial score (nSPS) is 12.6. The topological polar surface area (TPSA) is 97.1 Å². The highest BCUT2D eigenvalue weighted by atomic mass is 16.4. The molecule has 1 atom stereocenters. The number of amides is 1. The van der Waals surface area contributed by atoms with Gasteiger partial charge in [-0.2, -0.15) is 0 Å². The summed E-state index contributed by atoms with van der Waals surface area (Å²) in [4.78, 5) is 23.7. The molecule has 25 heavy (non-hydrogen) atoms. The largest absolute Gasteiger partial charge is 0.480 e. The number of aliphatic carboxylic acids is 1. The van der Waals surface area contributed by atoms with E-state index >= 15 is 0 Å². The minimum atomic E-state index is -1.05. The van der Waals surface area contributed by atoms with Gasteiger partial charge >= 0.3 is 5.97 Å². The molecule has 2 rings (SSSR count). The van der Waals surface area contributed by atoms with Gasteiger partial charge in [0.2, 0.25) is 0 Å². The number of aromatic nitrogens is 3. The van der Waals surface area contributed by atoms with E-state index in [-0.39, 0.29) is 11.1 Å². The third-order valence-electron chi connectivity index (χ3n) is 3.78. The molecule has 2 aromatic rings. The van der Waals surface area contributed by atoms with E-state index in [1.807, 2.05) is 52.0 Å². The second-order valence-electron chi connectivity index (χ2n) is 7.35. The molecule has 0 aliphatic rings. The van der Waals surface area contributed by atoms with Crippen LogP contribution in [0.2, 0.25) is 0 Å². The van der Waals surface area contributed by atoms with Crippen molar-refractivity contribution in [2.24, 2.45) is 5.41 Å². The molecular formula is C18H24N4O3. The van der Waals surface area contributed by atoms with Crippen molar-refractivity contribution in [2.45, 2.75) is 46.6 Å². The summed E-state index contributed by atoms with van der Waals surface area (Å²) in [5.74, 6) is -1.59. The van der Waals surface area contributed by atoms with E-state index in [4.69, 9.17) is 0 Å². The fourth-order valence-electron chi connectivity index (χ4n) is 2.33. The monoisotopic (exact) mass is 344 g/mol. The second-order valence-corrected chi connectivity index (χ2v) is 7.35. The lowest BCUT2D eigenvalue weighted by Crippen LogP contribution is -2.41. The molecule has 7 heteroatoms. The number of rotatable bonds is 6. The first kappa shape index (κ1) is 18.6. The third-order valence-corrected chi connectivity index (χ3v) is 3.78. The Labute approximate surface area is 147 Å². The number of nitrogens with zero attached hydrogens (tertiary/aromatic N) is 3. The van der Waals surface area contributed by atoms with Crippen molar-refractivity contribution in [2.75, 3.05) is 0 Å². The summed E-state index contributed by atoms with van der Waals surface area (Å²) in [5.41, 5.74) is 1.93. The molecule has 0 spiro atoms. The van der Waals surface area contributed by atoms with Crippen LogP contribution in [0.3, 0.4) is 0 Å². The molecule has 0 aliphatic heterocycles. The number of carbonyl (C=O) groups is 2. The van der Waals surface area contributed by atoms with E-state index in [0.717, 1.165) is 11.3 Å². The summed E-state index contributed by atoms with van der Waals surface area (Å²) >= 11 is 0. The Kier molecular flexibility index (Phi) is 5.56. The van der Waals surface area contributed by atoms with Gasteiger partial charge in [0.15, 0.2) is 5.69 Å². The SMILES string of the molecule is Cc1cccc(-n2cc(C(=O)NC(CCC(C)(C)C)C(=O)O)nn2)c1. The Hall–Kier alpha value is -2.70. The van der Waals surface area contributed by atoms with Gasteiger partial charge in [0.25, 0.3) is 5.91 Å². The van der Waals surface area contributed by atoms with Crippen LogP contribution in [-0.2, 0) is 4.79 Å². The lowest BCUT2D eigenvalue weighted by molar-refractivity contribution is -0.139. The maximum absolute atomic E-state index is 12.3. The zero-order valence-corrected chi connectivity index (χ0v) is 15.0. The lowest BCUT2D eigenvalue weighted by Gasteiger charge is -2.21. The predicted octanol–water partition coefficient (Wildman–Crippen LogP) is 2.59. The number of hydrogen-bond donors (Lipinski definition) is 2. The van der Waals surface area contributed by atoms with Gasteiger partial charge < -0.3 is 10.4 Å². The Morgan fingerprint density at radius 3 is 2.64 bits per heavy atom. The zero-order chi connectivity index (χ0) is 18.6. The molecule has 0 saturated carbocycles. The molecule has 0 radical (unpaired) electrons. The van der Waals surface area contributed by atoms with E-state index in [0.29, 0.717) is 12.8 Å². The molecule has 1 amide bonds. The van der Waals surface area contributed by atoms with Crippen LogP contribution in [0.4, 0.5) is 0 Å². The number of carbonyl (C=O) groups excluding carboxylic acids is 1. The molecule has 0 bridgehead atoms. The first-order valence-electron chi connectivity index (χ1n) is 8.19. The Bertz CT molecular complexity index is 762. The van der Waals surface area contributed by atoms with Gasteiger partial charge in [-0.25, -0.2) is 9.48 Å². The van der Waals surface area contributed by atoms with Crippen molar-refractivity contribution in [3.63, 3.8) is 0 Å². The molecule has 0 fully saturated rings. The number of hydrogen-bond acceptors (Lipinski definition) is 4. The minimum absolute atomic E-state index is 0.00721. The maximum Gasteiger partial charge on any atom is 0.326 e. The van der Waals surface area contributed by atoms with Crippen molar-refractivity contribution in [1.29, 1.82) is 0 Å². The first-order chi connectivity index (χ1) is 11.7. The minimum Gasteiger partial charge on any atom is -0.480 e. The third kappa shape index (κ3) is 5.41. The second kappa shape index (κ2) is 7.46. The van der Waals surface area contributed by atoms with Crippen LogP contribution in [-0.4, -0.2) is 38.0 Å². The van der Waals surface area contributed by atoms with Crippen LogP contribution in [0.5, 0.6) is 0 Å². The van der Waals surface area contributed by atoms with Crippen molar-refractivity contribution >= 4 is 11.9 Å². The molecule has 1 heterocycles. The van der Waals surface area contributed by atoms with E-state index in [1.165, 1.54) is 10.9 Å². The standard InChI is InChI=1S/C18H24N4O3/c1-12-6-5-7-13(10-12)22-11-15(20-21-22)16(23)19-14(17(24)25)8-9-18(2,3)4/h5-7,10-11,14H,8-9H2,1-4H3,(H,19,23)(H,24,25). The number of aryl methyl sites for hydroxylation is 1. The quantitative estimate of drug-likeness (QED) is 0.839. The fraction of sp³-hybridized carbons (Fsp3) is 0.444. The highest BCUT2D eigenvalue weighted by Crippen LogP contribution is 2.21. The van der Waals surface area contributed by atoms with E-state index in [1.54, 1.807) is 0 Å². The van der Waals surface area contributed by atoms with Crippen molar-refractivity contribution in [1.82, 2.24) is 20.3 Å². The number of carboxylic acid groups (broad SMARTS) is 1. The molecule has 1 aromatic carbocycles. The Morgan fingerprint density at radius 1 is 1.32 bits per heavy atom. The number of benzene rings is 1. The molecule has 7 nitrogen and oxygen atoms in total. The summed E-state index contributed by atoms with van der Waals surface area (Å²) in [5, 5.41) is 19.6. The zero-order valence-electron chi connectivity index (χ0n) is 15.0. The smallest absolute Gasteiger partial charge is 0.326 e. The van der Waals surface area contributed by atoms with Crippen molar-refractivity contribution < 1.29 is 14.7 Å². The highest BCUT2D eigenvalue weighted by Gasteiger charge is 2.24. The molecule has 134 valence electrons. The molecule has 1 aromatic heterocycles. The van der Waals surface area contributed by atoms with Gasteiger partial charge in [-0.05, 0) is 42.9 Å². The molecule has 1 unspecified atom stereocenters. The lowest BCUT2D eigenvalue weighted by atomic mass is 9.88. The van der Waals surface area contributed by atoms with Crippen LogP contribution in [0.1, 0.15) is 49.7 Å². The maximum atomic E-state index is 12.3. The summed E-state index contributed by atoms with van der Waals surface area (Å²) in [6.07, 6.45) is 2.53. The van der Waals surface area contributed by atoms with Gasteiger partial charge in [0.1, 0.15) is 6.04 Å².